The normalized spacial score (nSPS) is 10.3. The topological polar surface area (TPSA) is 484 Å². The number of carboxylic acids is 2. The van der Waals surface area contributed by atoms with Crippen LogP contribution in [0.5, 0.6) is 11.5 Å². The van der Waals surface area contributed by atoms with E-state index in [0.717, 1.165) is 30.6 Å². The van der Waals surface area contributed by atoms with Crippen LogP contribution in [-0.4, -0.2) is 167 Å². The average Bonchev–Trinajstić information content (AvgIpc) is 1.62. The van der Waals surface area contributed by atoms with Gasteiger partial charge in [-0.05, 0) is 149 Å². The summed E-state index contributed by atoms with van der Waals surface area (Å²) in [6.07, 6.45) is 1.93. The molecule has 545 valence electrons. The number of amides is 8. The number of carbonyl (C=O) groups is 13. The number of thioether (sulfide) groups is 1. The number of aromatic nitrogens is 2. The fourth-order valence-corrected chi connectivity index (χ4v) is 9.48. The molecule has 0 spiro atoms. The fourth-order valence-electron chi connectivity index (χ4n) is 8.79. The van der Waals surface area contributed by atoms with Crippen molar-refractivity contribution in [2.75, 3.05) is 71.3 Å². The van der Waals surface area contributed by atoms with Gasteiger partial charge in [0.2, 0.25) is 29.5 Å². The first-order valence-corrected chi connectivity index (χ1v) is 35.3. The zero-order chi connectivity index (χ0) is 74.6. The molecule has 0 aliphatic heterocycles. The van der Waals surface area contributed by atoms with Crippen LogP contribution < -0.4 is 69.5 Å². The van der Waals surface area contributed by atoms with E-state index in [1.807, 2.05) is 0 Å². The predicted molar refractivity (Wildman–Crippen MR) is 358 cm³/mol. The van der Waals surface area contributed by atoms with Crippen molar-refractivity contribution in [2.24, 2.45) is 0 Å². The Morgan fingerprint density at radius 1 is 0.539 bits per heavy atom. The first-order chi connectivity index (χ1) is 47.3. The van der Waals surface area contributed by atoms with Crippen molar-refractivity contribution in [3.63, 3.8) is 0 Å². The summed E-state index contributed by atoms with van der Waals surface area (Å²) in [6.45, 7) is 5.23. The van der Waals surface area contributed by atoms with Crippen molar-refractivity contribution in [3.8, 4) is 11.5 Å². The number of nitrogens with one attached hydrogen (secondary N) is 5. The molecular formula is C63H70Cl2N10NaO22S2Tc2. The SMILES string of the molecule is CC(=O)SCC(=O)NCC(=O)NCC(=O)NCC(=O)NCCCCOc1ccc2c(c1)c(CC(=O)O)c(C)n2C(=O)c1ccc(Cl)cc1.CCC(=O)[N-]CC(=O)[N-]CC(=O)[N-]CC(=O)NCCCCOc1ccc2c(c1)c(CC(=O)O)c(C)n2C(=O)c1ccc(Cl)cc1.[Na+].[O]=[99Tc+4].[O]=[Tc](=[O])(=[O])[O-].[SH-]. The Morgan fingerprint density at radius 3 is 1.26 bits per heavy atom. The average molecular weight is 1670 g/mol. The Balaban J connectivity index is 0.000000919. The zero-order valence-corrected chi connectivity index (χ0v) is 64.4. The summed E-state index contributed by atoms with van der Waals surface area (Å²) >= 11 is 7.69. The smallest absolute Gasteiger partial charge is 0.813 e. The Hall–Kier alpha value is -7.99. The third kappa shape index (κ3) is 34.3. The number of fused-ring (bicyclic) bond motifs is 2. The molecule has 0 unspecified atom stereocenters. The molecule has 0 fully saturated rings. The van der Waals surface area contributed by atoms with Gasteiger partial charge in [0.25, 0.3) is 11.8 Å². The van der Waals surface area contributed by atoms with Crippen LogP contribution in [0.4, 0.5) is 0 Å². The standard InChI is InChI=1S/C32H36ClN5O9S.C31H36ClN5O8.Na.5O.H2S.2Tc/c1-19-24(14-31(44)45)25-13-23(9-10-26(25)38(19)32(46)21-5-7-22(33)8-6-21)47-12-4-3-11-34-27(40)15-35-28(41)16-36-29(42)17-37-30(43)18-48-20(2)39;1-3-26(38)34-17-28(40)36-18-29(41)35-16-27(39)33-12-4-5-13-45-22-10-11-25-24(14-22)23(15-30(42)43)19(2)37(25)31(44)20-6-8-21(32)9-7-20;;;;;;;;;/h5-10,13H,3-4,11-12,14-18H2,1-2H3,(H,34,40)(H,35,41)(H,36,42)(H,37,43)(H,44,45);6-11,14H,3-5,12-13,15-18H2,1-2H3,(H5,33,34,35,36,38,39,40,41,42,43);;;;;;;1H2;;/q;;+1;;;;;-1;;+4;/p-4/i;;;;;;;;;1+1;. The van der Waals surface area contributed by atoms with Crippen LogP contribution in [-0.2, 0) is 127 Å². The quantitative estimate of drug-likeness (QED) is 0.0132. The second kappa shape index (κ2) is 48.1. The number of carbonyl (C=O) groups excluding carboxylic acids is 11. The van der Waals surface area contributed by atoms with Crippen LogP contribution in [0.15, 0.2) is 84.9 Å². The fraction of sp³-hybridized carbons (Fsp3) is 0.349. The molecule has 0 saturated heterocycles. The van der Waals surface area contributed by atoms with Gasteiger partial charge >= 0.3 is 93.8 Å². The summed E-state index contributed by atoms with van der Waals surface area (Å²) in [6, 6.07) is 23.2. The molecule has 6 rings (SSSR count). The first-order valence-electron chi connectivity index (χ1n) is 29.8. The van der Waals surface area contributed by atoms with E-state index in [1.54, 1.807) is 106 Å². The van der Waals surface area contributed by atoms with Crippen LogP contribution in [0.3, 0.4) is 0 Å². The van der Waals surface area contributed by atoms with Gasteiger partial charge in [-0.3, -0.25) is 57.1 Å². The molecule has 0 atom stereocenters. The van der Waals surface area contributed by atoms with E-state index in [9.17, 15) is 72.5 Å². The maximum atomic E-state index is 13.4. The number of halogens is 2. The number of unbranched alkanes of at least 4 members (excludes halogenated alkanes) is 2. The van der Waals surface area contributed by atoms with E-state index in [4.69, 9.17) is 50.6 Å². The van der Waals surface area contributed by atoms with Gasteiger partial charge in [-0.25, -0.2) is 0 Å². The van der Waals surface area contributed by atoms with E-state index in [-0.39, 0.29) is 105 Å². The van der Waals surface area contributed by atoms with Gasteiger partial charge in [0.15, 0.2) is 5.12 Å². The Bertz CT molecular complexity index is 4130. The minimum absolute atomic E-state index is 0. The number of thiol groups is 1. The summed E-state index contributed by atoms with van der Waals surface area (Å²) in [7, 11) is 0. The maximum absolute atomic E-state index is 13.4. The molecule has 2 aromatic heterocycles. The Kier molecular flexibility index (Phi) is 43.3. The van der Waals surface area contributed by atoms with Crippen molar-refractivity contribution < 1.29 is 164 Å². The Labute approximate surface area is 640 Å². The van der Waals surface area contributed by atoms with E-state index < -0.39 is 94.3 Å². The van der Waals surface area contributed by atoms with Gasteiger partial charge in [-0.2, -0.15) is 0 Å². The van der Waals surface area contributed by atoms with E-state index in [2.05, 4.69) is 42.5 Å². The Morgan fingerprint density at radius 2 is 0.892 bits per heavy atom. The summed E-state index contributed by atoms with van der Waals surface area (Å²) in [5.74, 6) is -6.24. The monoisotopic (exact) mass is 1670 g/mol. The summed E-state index contributed by atoms with van der Waals surface area (Å²) in [5, 5.41) is 43.8. The first kappa shape index (κ1) is 92.0. The van der Waals surface area contributed by atoms with Gasteiger partial charge in [0.05, 0.1) is 68.4 Å². The van der Waals surface area contributed by atoms with Crippen LogP contribution in [0, 0.1) is 13.8 Å². The molecule has 0 aliphatic carbocycles. The third-order valence-corrected chi connectivity index (χ3v) is 14.7. The van der Waals surface area contributed by atoms with Gasteiger partial charge < -0.3 is 90.1 Å². The predicted octanol–water partition coefficient (Wildman–Crippen LogP) is 1.19. The number of hydrogen-bond donors (Lipinski definition) is 7. The molecule has 32 nitrogen and oxygen atoms in total. The molecular weight excluding hydrogens is 1600 g/mol. The molecule has 0 aliphatic rings. The van der Waals surface area contributed by atoms with Crippen LogP contribution in [0.1, 0.15) is 89.2 Å². The van der Waals surface area contributed by atoms with Crippen molar-refractivity contribution in [2.45, 2.75) is 72.6 Å². The van der Waals surface area contributed by atoms with E-state index in [0.29, 0.717) is 129 Å². The van der Waals surface area contributed by atoms with E-state index in [1.165, 1.54) is 16.1 Å². The maximum Gasteiger partial charge on any atom is -0.813 e. The van der Waals surface area contributed by atoms with Crippen LogP contribution >= 0.6 is 35.0 Å². The third-order valence-electron chi connectivity index (χ3n) is 13.4. The molecule has 8 amide bonds. The molecule has 39 heteroatoms. The number of carboxylic acid groups (broad SMARTS) is 2. The molecule has 4 aromatic carbocycles. The minimum Gasteiger partial charge on any atom is -0.813 e. The van der Waals surface area contributed by atoms with Gasteiger partial charge in [0.1, 0.15) is 11.5 Å². The van der Waals surface area contributed by atoms with Crippen molar-refractivity contribution in [1.82, 2.24) is 35.7 Å². The van der Waals surface area contributed by atoms with Crippen molar-refractivity contribution in [1.29, 1.82) is 0 Å². The van der Waals surface area contributed by atoms with Crippen molar-refractivity contribution in [3.05, 3.63) is 145 Å². The number of ether oxygens (including phenoxy) is 2. The second-order valence-electron chi connectivity index (χ2n) is 20.7. The number of benzene rings is 4. The van der Waals surface area contributed by atoms with Crippen LogP contribution in [0.2, 0.25) is 10.0 Å². The number of rotatable bonds is 33. The summed E-state index contributed by atoms with van der Waals surface area (Å²) in [4.78, 5) is 154. The number of hydrogen-bond acceptors (Lipinski definition) is 22. The van der Waals surface area contributed by atoms with Crippen LogP contribution in [0.25, 0.3) is 37.8 Å². The van der Waals surface area contributed by atoms with Gasteiger partial charge in [-0.15, -0.1) is 0 Å². The van der Waals surface area contributed by atoms with E-state index >= 15 is 0 Å². The number of nitrogens with zero attached hydrogens (tertiary/aromatic N) is 5. The molecule has 0 radical (unpaired) electrons. The van der Waals surface area contributed by atoms with Crippen molar-refractivity contribution >= 4 is 146 Å². The molecule has 6 aromatic rings. The molecule has 102 heavy (non-hydrogen) atoms. The summed E-state index contributed by atoms with van der Waals surface area (Å²) in [5.41, 5.74) is 3.98. The number of aliphatic carboxylic acids is 2. The molecule has 2 heterocycles. The molecule has 7 N–H and O–H groups in total. The minimum atomic E-state index is -5.94. The second-order valence-corrected chi connectivity index (χ2v) is 24.6. The van der Waals surface area contributed by atoms with Gasteiger partial charge in [0, 0.05) is 75.2 Å². The summed E-state index contributed by atoms with van der Waals surface area (Å²) < 4.78 is 57.4. The molecule has 0 bridgehead atoms. The molecule has 0 saturated carbocycles. The largest absolute Gasteiger partial charge is 0.813 e. The van der Waals surface area contributed by atoms with Gasteiger partial charge in [-0.1, -0.05) is 55.0 Å². The zero-order valence-electron chi connectivity index (χ0n) is 55.5.